The summed E-state index contributed by atoms with van der Waals surface area (Å²) < 4.78 is 5.45. The molecule has 34 heavy (non-hydrogen) atoms. The molecule has 0 fully saturated rings. The minimum atomic E-state index is -0.122. The Morgan fingerprint density at radius 2 is 2.09 bits per heavy atom. The molecule has 0 spiro atoms. The molecule has 1 aliphatic rings. The number of aromatic nitrogens is 4. The van der Waals surface area contributed by atoms with Crippen molar-refractivity contribution >= 4 is 29.5 Å². The zero-order chi connectivity index (χ0) is 24.9. The van der Waals surface area contributed by atoms with Crippen LogP contribution in [0.25, 0.3) is 10.6 Å². The van der Waals surface area contributed by atoms with Gasteiger partial charge in [0.05, 0.1) is 6.61 Å². The summed E-state index contributed by atoms with van der Waals surface area (Å²) in [5.41, 5.74) is 2.50. The second-order valence-corrected chi connectivity index (χ2v) is 8.33. The maximum Gasteiger partial charge on any atom is 0.291 e. The quantitative estimate of drug-likeness (QED) is 0.489. The van der Waals surface area contributed by atoms with Gasteiger partial charge in [-0.15, -0.1) is 16.4 Å². The molecule has 2 N–H and O–H groups in total. The van der Waals surface area contributed by atoms with Crippen molar-refractivity contribution in [3.63, 3.8) is 0 Å². The second kappa shape index (κ2) is 14.1. The van der Waals surface area contributed by atoms with E-state index >= 15 is 0 Å². The van der Waals surface area contributed by atoms with Crippen LogP contribution in [0.2, 0.25) is 0 Å². The van der Waals surface area contributed by atoms with E-state index in [0.29, 0.717) is 19.0 Å². The molecular formula is C23H33N7O3S. The fourth-order valence-corrected chi connectivity index (χ4v) is 3.66. The van der Waals surface area contributed by atoms with E-state index in [1.54, 1.807) is 23.3 Å². The number of fused-ring (bicyclic) bond motifs is 1. The van der Waals surface area contributed by atoms with Crippen LogP contribution in [0, 0.1) is 0 Å². The number of thiazole rings is 1. The normalized spacial score (nSPS) is 11.4. The molecule has 184 valence electrons. The maximum absolute atomic E-state index is 12.1. The fourth-order valence-electron chi connectivity index (χ4n) is 3.03. The Bertz CT molecular complexity index is 1020. The number of rotatable bonds is 7. The van der Waals surface area contributed by atoms with Gasteiger partial charge >= 0.3 is 0 Å². The first-order valence-electron chi connectivity index (χ1n) is 11.0. The Labute approximate surface area is 204 Å². The van der Waals surface area contributed by atoms with Crippen LogP contribution in [0.15, 0.2) is 29.8 Å². The monoisotopic (exact) mass is 487 g/mol. The van der Waals surface area contributed by atoms with Crippen LogP contribution in [0.5, 0.6) is 5.75 Å². The van der Waals surface area contributed by atoms with E-state index in [9.17, 15) is 4.79 Å². The summed E-state index contributed by atoms with van der Waals surface area (Å²) in [5, 5.41) is 12.4. The Kier molecular flexibility index (Phi) is 11.1. The average molecular weight is 488 g/mol. The summed E-state index contributed by atoms with van der Waals surface area (Å²) in [6, 6.07) is 6.29. The number of likely N-dealkylation sites (N-methyl/N-ethyl adjacent to an activating group) is 2. The van der Waals surface area contributed by atoms with Crippen LogP contribution in [0.1, 0.15) is 30.0 Å². The Morgan fingerprint density at radius 3 is 2.68 bits per heavy atom. The highest BCUT2D eigenvalue weighted by molar-refractivity contribution is 7.13. The van der Waals surface area contributed by atoms with E-state index in [4.69, 9.17) is 9.53 Å². The molecule has 0 radical (unpaired) electrons. The first-order chi connectivity index (χ1) is 16.4. The van der Waals surface area contributed by atoms with Gasteiger partial charge < -0.3 is 24.6 Å². The molecule has 1 amide bonds. The Morgan fingerprint density at radius 1 is 1.32 bits per heavy atom. The third kappa shape index (κ3) is 7.92. The predicted octanol–water partition coefficient (Wildman–Crippen LogP) is 2.82. The van der Waals surface area contributed by atoms with Crippen LogP contribution in [0.3, 0.4) is 0 Å². The van der Waals surface area contributed by atoms with Crippen molar-refractivity contribution in [3.05, 3.63) is 41.2 Å². The molecule has 0 atom stereocenters. The first-order valence-corrected chi connectivity index (χ1v) is 11.9. The number of nitrogens with zero attached hydrogens (tertiary/aromatic N) is 5. The third-order valence-corrected chi connectivity index (χ3v) is 5.59. The summed E-state index contributed by atoms with van der Waals surface area (Å²) in [6.45, 7) is 6.37. The van der Waals surface area contributed by atoms with Gasteiger partial charge in [-0.3, -0.25) is 9.89 Å². The highest BCUT2D eigenvalue weighted by Crippen LogP contribution is 2.31. The number of nitrogens with one attached hydrogen (secondary N) is 2. The molecule has 3 aromatic rings. The van der Waals surface area contributed by atoms with Gasteiger partial charge in [-0.2, -0.15) is 4.98 Å². The predicted molar refractivity (Wildman–Crippen MR) is 135 cm³/mol. The number of hydrogen-bond acceptors (Lipinski definition) is 9. The van der Waals surface area contributed by atoms with Gasteiger partial charge in [0.15, 0.2) is 0 Å². The first kappa shape index (κ1) is 26.9. The highest BCUT2D eigenvalue weighted by atomic mass is 32.1. The van der Waals surface area contributed by atoms with E-state index in [1.165, 1.54) is 18.1 Å². The van der Waals surface area contributed by atoms with Crippen LogP contribution in [0.4, 0.5) is 5.95 Å². The zero-order valence-corrected chi connectivity index (χ0v) is 21.2. The van der Waals surface area contributed by atoms with Crippen LogP contribution in [-0.4, -0.2) is 89.5 Å². The lowest BCUT2D eigenvalue weighted by Gasteiger charge is -2.21. The van der Waals surface area contributed by atoms with Gasteiger partial charge in [0.2, 0.25) is 11.8 Å². The van der Waals surface area contributed by atoms with Gasteiger partial charge in [0.1, 0.15) is 17.0 Å². The second-order valence-electron chi connectivity index (χ2n) is 7.44. The molecule has 2 aromatic heterocycles. The number of carbonyl (C=O) groups is 2. The smallest absolute Gasteiger partial charge is 0.291 e. The zero-order valence-electron chi connectivity index (χ0n) is 20.4. The van der Waals surface area contributed by atoms with Crippen LogP contribution in [-0.2, 0) is 11.2 Å². The Hall–Kier alpha value is -3.31. The number of benzene rings is 1. The molecule has 1 aliphatic heterocycles. The molecule has 0 aliphatic carbocycles. The van der Waals surface area contributed by atoms with Gasteiger partial charge in [-0.1, -0.05) is 0 Å². The van der Waals surface area contributed by atoms with Gasteiger partial charge in [-0.05, 0) is 51.7 Å². The van der Waals surface area contributed by atoms with E-state index in [1.807, 2.05) is 43.6 Å². The summed E-state index contributed by atoms with van der Waals surface area (Å²) in [6.07, 6.45) is 3.61. The van der Waals surface area contributed by atoms with Gasteiger partial charge in [-0.25, -0.2) is 4.98 Å². The minimum Gasteiger partial charge on any atom is -0.493 e. The van der Waals surface area contributed by atoms with Crippen molar-refractivity contribution in [1.29, 1.82) is 0 Å². The topological polar surface area (TPSA) is 116 Å². The number of amides is 1. The fraction of sp³-hybridized carbons (Fsp3) is 0.435. The number of hydrogen-bond donors (Lipinski definition) is 2. The molecule has 0 unspecified atom stereocenters. The van der Waals surface area contributed by atoms with Crippen molar-refractivity contribution in [1.82, 2.24) is 30.0 Å². The molecule has 4 rings (SSSR count). The lowest BCUT2D eigenvalue weighted by atomic mass is 10.1. The van der Waals surface area contributed by atoms with Gasteiger partial charge in [0, 0.05) is 50.2 Å². The SMILES string of the molecule is CC=O.CCN(CCN(C)C)C(=O)c1nc(NC)n[nH]1.c1csc(-c2ccc3c(c2)CCO3)n1. The summed E-state index contributed by atoms with van der Waals surface area (Å²) >= 11 is 1.67. The number of carbonyl (C=O) groups excluding carboxylic acids is 2. The highest BCUT2D eigenvalue weighted by Gasteiger charge is 2.18. The number of aromatic amines is 1. The minimum absolute atomic E-state index is 0.122. The summed E-state index contributed by atoms with van der Waals surface area (Å²) in [4.78, 5) is 33.0. The maximum atomic E-state index is 12.1. The molecule has 0 saturated heterocycles. The van der Waals surface area contributed by atoms with E-state index in [-0.39, 0.29) is 11.7 Å². The lowest BCUT2D eigenvalue weighted by Crippen LogP contribution is -2.37. The molecule has 0 bridgehead atoms. The van der Waals surface area contributed by atoms with Crippen molar-refractivity contribution in [2.24, 2.45) is 0 Å². The van der Waals surface area contributed by atoms with E-state index in [0.717, 1.165) is 36.6 Å². The molecule has 10 nitrogen and oxygen atoms in total. The molecule has 11 heteroatoms. The molecule has 0 saturated carbocycles. The Balaban J connectivity index is 0.000000218. The van der Waals surface area contributed by atoms with Crippen LogP contribution < -0.4 is 10.1 Å². The summed E-state index contributed by atoms with van der Waals surface area (Å²) in [5.74, 6) is 1.61. The van der Waals surface area contributed by atoms with Crippen molar-refractivity contribution in [2.75, 3.05) is 52.7 Å². The number of H-pyrrole nitrogens is 1. The molecular weight excluding hydrogens is 454 g/mol. The standard InChI is InChI=1S/C11H9NOS.C10H20N6O.C2H4O/c1-2-10-8(3-5-13-10)7-9(1)11-12-4-6-14-11;1-5-16(7-6-15(3)4)9(17)8-12-10(11-2)14-13-8;1-2-3/h1-2,4,6-7H,3,5H2;5-7H2,1-4H3,(H2,11,12,13,14);2H,1H3. The third-order valence-electron chi connectivity index (χ3n) is 4.77. The number of anilines is 1. The van der Waals surface area contributed by atoms with Crippen molar-refractivity contribution in [2.45, 2.75) is 20.3 Å². The van der Waals surface area contributed by atoms with E-state index in [2.05, 4.69) is 37.6 Å². The summed E-state index contributed by atoms with van der Waals surface area (Å²) in [7, 11) is 5.67. The average Bonchev–Trinajstić information content (AvgIpc) is 3.61. The van der Waals surface area contributed by atoms with Crippen molar-refractivity contribution in [3.8, 4) is 16.3 Å². The molecule has 3 heterocycles. The van der Waals surface area contributed by atoms with Gasteiger partial charge in [0.25, 0.3) is 5.91 Å². The number of ether oxygens (including phenoxy) is 1. The van der Waals surface area contributed by atoms with Crippen molar-refractivity contribution < 1.29 is 14.3 Å². The van der Waals surface area contributed by atoms with E-state index < -0.39 is 0 Å². The van der Waals surface area contributed by atoms with Crippen LogP contribution >= 0.6 is 11.3 Å². The molecule has 1 aromatic carbocycles. The lowest BCUT2D eigenvalue weighted by molar-refractivity contribution is -0.106. The number of aldehydes is 1. The largest absolute Gasteiger partial charge is 0.493 e.